The molecule has 0 radical (unpaired) electrons. The van der Waals surface area contributed by atoms with Crippen LogP contribution in [0.1, 0.15) is 24.4 Å². The summed E-state index contributed by atoms with van der Waals surface area (Å²) in [5, 5.41) is 6.52. The molecule has 9 nitrogen and oxygen atoms in total. The number of ether oxygens (including phenoxy) is 2. The number of hydrazine groups is 2. The van der Waals surface area contributed by atoms with E-state index in [1.165, 1.54) is 0 Å². The highest BCUT2D eigenvalue weighted by atomic mass is 16.5. The first-order valence-electron chi connectivity index (χ1n) is 11.4. The molecular weight excluding hydrogens is 406 g/mol. The summed E-state index contributed by atoms with van der Waals surface area (Å²) in [5.41, 5.74) is 4.66. The third-order valence-electron chi connectivity index (χ3n) is 6.67. The van der Waals surface area contributed by atoms with E-state index in [2.05, 4.69) is 62.9 Å². The van der Waals surface area contributed by atoms with Gasteiger partial charge in [-0.25, -0.2) is 20.4 Å². The molecule has 1 aromatic heterocycles. The molecule has 6 rings (SSSR count). The molecule has 168 valence electrons. The second kappa shape index (κ2) is 8.32. The minimum Gasteiger partial charge on any atom is -0.378 e. The van der Waals surface area contributed by atoms with E-state index in [9.17, 15) is 0 Å². The summed E-state index contributed by atoms with van der Waals surface area (Å²) in [7, 11) is 2.14. The normalized spacial score (nSPS) is 30.5. The lowest BCUT2D eigenvalue weighted by molar-refractivity contribution is -0.0366. The van der Waals surface area contributed by atoms with Crippen molar-refractivity contribution in [2.75, 3.05) is 40.0 Å². The standard InChI is InChI=1S/C23H29N7O2/c1-27-19(20-5-3-11-32-20)14-22-25-21(15-23(30(22)27)28-9-12-31-13-10-28)29-8-6-18(26-29)17-4-2-7-24-16-17/h2,4,6-8,14-16,18-20,26H,3,5,9-13H2,1H3. The molecule has 0 aliphatic carbocycles. The molecule has 0 saturated carbocycles. The Kier molecular flexibility index (Phi) is 5.18. The van der Waals surface area contributed by atoms with E-state index in [0.29, 0.717) is 0 Å². The van der Waals surface area contributed by atoms with E-state index >= 15 is 0 Å². The fourth-order valence-corrected chi connectivity index (χ4v) is 4.97. The van der Waals surface area contributed by atoms with Gasteiger partial charge in [-0.15, -0.1) is 0 Å². The number of rotatable bonds is 3. The molecule has 2 fully saturated rings. The Bertz CT molecular complexity index is 964. The number of likely N-dealkylation sites (N-methyl/N-ethyl adjacent to an activating group) is 1. The van der Waals surface area contributed by atoms with Crippen LogP contribution in [0.4, 0.5) is 0 Å². The van der Waals surface area contributed by atoms with E-state index in [1.807, 2.05) is 17.3 Å². The molecule has 9 heteroatoms. The number of hydrogen-bond acceptors (Lipinski definition) is 9. The molecule has 1 N–H and O–H groups in total. The van der Waals surface area contributed by atoms with Crippen LogP contribution in [-0.2, 0) is 9.47 Å². The molecule has 6 heterocycles. The third-order valence-corrected chi connectivity index (χ3v) is 6.67. The molecular formula is C23H29N7O2. The van der Waals surface area contributed by atoms with Gasteiger partial charge in [0.1, 0.15) is 11.6 Å². The molecule has 0 aromatic carbocycles. The molecule has 5 aliphatic heterocycles. The van der Waals surface area contributed by atoms with Gasteiger partial charge in [-0.2, -0.15) is 0 Å². The molecule has 0 spiro atoms. The lowest BCUT2D eigenvalue weighted by Crippen LogP contribution is -2.51. The van der Waals surface area contributed by atoms with Crippen molar-refractivity contribution in [3.63, 3.8) is 0 Å². The van der Waals surface area contributed by atoms with Crippen molar-refractivity contribution >= 4 is 5.84 Å². The first kappa shape index (κ1) is 19.9. The van der Waals surface area contributed by atoms with Crippen LogP contribution in [0.3, 0.4) is 0 Å². The van der Waals surface area contributed by atoms with Crippen molar-refractivity contribution in [2.45, 2.75) is 31.0 Å². The van der Waals surface area contributed by atoms with Crippen LogP contribution in [0.15, 0.2) is 65.6 Å². The highest BCUT2D eigenvalue weighted by Crippen LogP contribution is 2.36. The summed E-state index contributed by atoms with van der Waals surface area (Å²) in [6.45, 7) is 4.05. The number of hydrogen-bond donors (Lipinski definition) is 1. The minimum atomic E-state index is 0.0736. The fraction of sp³-hybridized carbons (Fsp3) is 0.478. The van der Waals surface area contributed by atoms with Gasteiger partial charge in [0, 0.05) is 51.4 Å². The van der Waals surface area contributed by atoms with Crippen LogP contribution in [0, 0.1) is 0 Å². The van der Waals surface area contributed by atoms with E-state index in [1.54, 1.807) is 6.20 Å². The van der Waals surface area contributed by atoms with Gasteiger partial charge in [-0.1, -0.05) is 6.07 Å². The van der Waals surface area contributed by atoms with Crippen molar-refractivity contribution in [2.24, 2.45) is 4.99 Å². The van der Waals surface area contributed by atoms with Crippen molar-refractivity contribution in [1.29, 1.82) is 0 Å². The van der Waals surface area contributed by atoms with Crippen molar-refractivity contribution in [1.82, 2.24) is 30.3 Å². The Morgan fingerprint density at radius 3 is 2.88 bits per heavy atom. The summed E-state index contributed by atoms with van der Waals surface area (Å²) >= 11 is 0. The Morgan fingerprint density at radius 1 is 1.19 bits per heavy atom. The number of amidine groups is 1. The lowest BCUT2D eigenvalue weighted by atomic mass is 10.1. The molecule has 3 unspecified atom stereocenters. The monoisotopic (exact) mass is 435 g/mol. The zero-order valence-electron chi connectivity index (χ0n) is 18.3. The van der Waals surface area contributed by atoms with Gasteiger partial charge in [0.2, 0.25) is 0 Å². The van der Waals surface area contributed by atoms with Crippen molar-refractivity contribution < 1.29 is 9.47 Å². The smallest absolute Gasteiger partial charge is 0.153 e. The number of aliphatic imine (C=N–C) groups is 1. The van der Waals surface area contributed by atoms with Gasteiger partial charge >= 0.3 is 0 Å². The number of pyridine rings is 1. The summed E-state index contributed by atoms with van der Waals surface area (Å²) in [4.78, 5) is 11.7. The number of aromatic nitrogens is 1. The second-order valence-corrected chi connectivity index (χ2v) is 8.63. The summed E-state index contributed by atoms with van der Waals surface area (Å²) < 4.78 is 11.6. The molecule has 0 bridgehead atoms. The van der Waals surface area contributed by atoms with Crippen LogP contribution in [-0.4, -0.2) is 82.8 Å². The van der Waals surface area contributed by atoms with Crippen molar-refractivity contribution in [3.8, 4) is 0 Å². The number of morpholine rings is 1. The van der Waals surface area contributed by atoms with E-state index in [0.717, 1.165) is 68.8 Å². The Balaban J connectivity index is 1.30. The van der Waals surface area contributed by atoms with Crippen molar-refractivity contribution in [3.05, 3.63) is 66.2 Å². The number of nitrogens with one attached hydrogen (secondary N) is 1. The van der Waals surface area contributed by atoms with Gasteiger partial charge in [-0.3, -0.25) is 9.99 Å². The number of nitrogens with zero attached hydrogens (tertiary/aromatic N) is 6. The van der Waals surface area contributed by atoms with Gasteiger partial charge in [-0.05, 0) is 36.6 Å². The third kappa shape index (κ3) is 3.51. The van der Waals surface area contributed by atoms with Crippen LogP contribution in [0.5, 0.6) is 0 Å². The molecule has 2 saturated heterocycles. The Morgan fingerprint density at radius 2 is 2.09 bits per heavy atom. The lowest BCUT2D eigenvalue weighted by Gasteiger charge is -2.42. The largest absolute Gasteiger partial charge is 0.378 e. The van der Waals surface area contributed by atoms with E-state index in [4.69, 9.17) is 14.5 Å². The predicted molar refractivity (Wildman–Crippen MR) is 119 cm³/mol. The predicted octanol–water partition coefficient (Wildman–Crippen LogP) is 1.59. The Hall–Kier alpha value is -2.72. The van der Waals surface area contributed by atoms with Crippen LogP contribution in [0.25, 0.3) is 0 Å². The molecule has 32 heavy (non-hydrogen) atoms. The van der Waals surface area contributed by atoms with Gasteiger partial charge in [0.15, 0.2) is 5.84 Å². The average molecular weight is 436 g/mol. The summed E-state index contributed by atoms with van der Waals surface area (Å²) in [6, 6.07) is 4.30. The highest BCUT2D eigenvalue weighted by molar-refractivity contribution is 5.95. The topological polar surface area (TPSA) is 68.7 Å². The maximum Gasteiger partial charge on any atom is 0.153 e. The zero-order chi connectivity index (χ0) is 21.5. The van der Waals surface area contributed by atoms with Crippen LogP contribution in [0.2, 0.25) is 0 Å². The Labute approximate surface area is 188 Å². The molecule has 0 amide bonds. The maximum atomic E-state index is 6.03. The molecule has 1 aromatic rings. The van der Waals surface area contributed by atoms with Gasteiger partial charge < -0.3 is 14.4 Å². The second-order valence-electron chi connectivity index (χ2n) is 8.63. The zero-order valence-corrected chi connectivity index (χ0v) is 18.3. The summed E-state index contributed by atoms with van der Waals surface area (Å²) in [6.07, 6.45) is 14.7. The number of fused-ring (bicyclic) bond motifs is 1. The SMILES string of the molecule is CN1C(C2CCCO2)C=C2N=C(N3C=CC(c4cccnc4)N3)C=C(N3CCOCC3)N21. The summed E-state index contributed by atoms with van der Waals surface area (Å²) in [5.74, 6) is 2.96. The van der Waals surface area contributed by atoms with Crippen LogP contribution >= 0.6 is 0 Å². The first-order chi connectivity index (χ1) is 15.8. The minimum absolute atomic E-state index is 0.0736. The molecule has 3 atom stereocenters. The van der Waals surface area contributed by atoms with Gasteiger partial charge in [0.25, 0.3) is 0 Å². The fourth-order valence-electron chi connectivity index (χ4n) is 4.97. The average Bonchev–Trinajstić information content (AvgIpc) is 3.60. The van der Waals surface area contributed by atoms with E-state index < -0.39 is 0 Å². The van der Waals surface area contributed by atoms with E-state index in [-0.39, 0.29) is 18.2 Å². The molecule has 5 aliphatic rings. The highest BCUT2D eigenvalue weighted by Gasteiger charge is 2.41. The first-order valence-corrected chi connectivity index (χ1v) is 11.4. The van der Waals surface area contributed by atoms with Gasteiger partial charge in [0.05, 0.1) is 31.4 Å². The quantitative estimate of drug-likeness (QED) is 0.768. The van der Waals surface area contributed by atoms with Crippen LogP contribution < -0.4 is 5.43 Å². The maximum absolute atomic E-state index is 6.03.